The quantitative estimate of drug-likeness (QED) is 0.463. The van der Waals surface area contributed by atoms with Crippen molar-refractivity contribution >= 4 is 35.0 Å². The van der Waals surface area contributed by atoms with Crippen molar-refractivity contribution in [3.63, 3.8) is 0 Å². The maximum atomic E-state index is 13.5. The van der Waals surface area contributed by atoms with E-state index >= 15 is 0 Å². The molecule has 0 unspecified atom stereocenters. The Bertz CT molecular complexity index is 1150. The zero-order valence-corrected chi connectivity index (χ0v) is 19.4. The molecule has 0 amide bonds. The number of rotatable bonds is 5. The zero-order chi connectivity index (χ0) is 22.9. The molecule has 0 N–H and O–H groups in total. The number of likely N-dealkylation sites (N-methyl/N-ethyl adjacent to an activating group) is 1. The molecule has 1 aliphatic heterocycles. The Balaban J connectivity index is 1.95. The first-order chi connectivity index (χ1) is 15.4. The first-order valence-corrected chi connectivity index (χ1v) is 10.7. The number of ether oxygens (including phenoxy) is 2. The van der Waals surface area contributed by atoms with Gasteiger partial charge in [0, 0.05) is 22.7 Å². The van der Waals surface area contributed by atoms with E-state index in [0.29, 0.717) is 15.9 Å². The molecule has 0 fully saturated rings. The molecule has 0 aliphatic carbocycles. The number of carbonyl (C=O) groups excluding carboxylic acids is 1. The predicted molar refractivity (Wildman–Crippen MR) is 127 cm³/mol. The number of benzene rings is 3. The number of hydrogen-bond donors (Lipinski definition) is 0. The summed E-state index contributed by atoms with van der Waals surface area (Å²) in [7, 11) is 4.86. The lowest BCUT2D eigenvalue weighted by molar-refractivity contribution is -0.153. The van der Waals surface area contributed by atoms with Gasteiger partial charge in [-0.1, -0.05) is 47.5 Å². The Morgan fingerprint density at radius 3 is 2.00 bits per heavy atom. The van der Waals surface area contributed by atoms with Gasteiger partial charge < -0.3 is 14.4 Å². The van der Waals surface area contributed by atoms with E-state index in [1.165, 1.54) is 7.11 Å². The lowest BCUT2D eigenvalue weighted by Gasteiger charge is -2.39. The molecule has 0 bridgehead atoms. The molecule has 0 saturated carbocycles. The lowest BCUT2D eigenvalue weighted by Crippen LogP contribution is -2.52. The molecule has 7 heteroatoms. The van der Waals surface area contributed by atoms with E-state index < -0.39 is 17.6 Å². The smallest absolute Gasteiger partial charge is 0.339 e. The lowest BCUT2D eigenvalue weighted by atomic mass is 9.79. The number of esters is 1. The highest BCUT2D eigenvalue weighted by molar-refractivity contribution is 6.30. The van der Waals surface area contributed by atoms with Gasteiger partial charge in [0.05, 0.1) is 14.2 Å². The second kappa shape index (κ2) is 8.85. The Morgan fingerprint density at radius 2 is 1.47 bits per heavy atom. The third-order valence-corrected chi connectivity index (χ3v) is 6.31. The molecule has 2 atom stereocenters. The highest BCUT2D eigenvalue weighted by Gasteiger charge is 2.57. The standard InChI is InChI=1S/C25H22Cl2N2O3/c1-29-23(17-6-14-21(31-2)15-7-17)28-22(16-4-10-19(26)11-5-16)25(29,24(30)32-3)18-8-12-20(27)13-9-18/h4-15,22H,1-3H3/t22-,25+/m1/s1. The molecule has 32 heavy (non-hydrogen) atoms. The first kappa shape index (κ1) is 22.2. The first-order valence-electron chi connectivity index (χ1n) is 9.97. The maximum absolute atomic E-state index is 13.5. The minimum atomic E-state index is -1.23. The summed E-state index contributed by atoms with van der Waals surface area (Å²) in [5, 5.41) is 1.18. The van der Waals surface area contributed by atoms with Gasteiger partial charge in [0.15, 0.2) is 5.54 Å². The zero-order valence-electron chi connectivity index (χ0n) is 17.9. The van der Waals surface area contributed by atoms with E-state index in [2.05, 4.69) is 0 Å². The van der Waals surface area contributed by atoms with Crippen molar-refractivity contribution in [3.8, 4) is 5.75 Å². The van der Waals surface area contributed by atoms with E-state index in [4.69, 9.17) is 37.7 Å². The van der Waals surface area contributed by atoms with Gasteiger partial charge in [-0.25, -0.2) is 4.79 Å². The molecule has 0 aromatic heterocycles. The van der Waals surface area contributed by atoms with Crippen LogP contribution in [0.5, 0.6) is 5.75 Å². The molecule has 0 radical (unpaired) electrons. The number of hydrogen-bond acceptors (Lipinski definition) is 5. The molecule has 0 spiro atoms. The van der Waals surface area contributed by atoms with Crippen molar-refractivity contribution < 1.29 is 14.3 Å². The minimum absolute atomic E-state index is 0.422. The van der Waals surface area contributed by atoms with Crippen LogP contribution in [0.15, 0.2) is 77.8 Å². The summed E-state index contributed by atoms with van der Waals surface area (Å²) in [6, 6.07) is 21.6. The molecule has 0 saturated heterocycles. The highest BCUT2D eigenvalue weighted by atomic mass is 35.5. The average Bonchev–Trinajstić information content (AvgIpc) is 3.13. The second-order valence-corrected chi connectivity index (χ2v) is 8.33. The van der Waals surface area contributed by atoms with Crippen LogP contribution >= 0.6 is 23.2 Å². The van der Waals surface area contributed by atoms with Crippen molar-refractivity contribution in [1.82, 2.24) is 4.90 Å². The molecule has 164 valence electrons. The third kappa shape index (κ3) is 3.61. The van der Waals surface area contributed by atoms with Crippen LogP contribution in [-0.4, -0.2) is 38.0 Å². The number of halogens is 2. The van der Waals surface area contributed by atoms with Crippen molar-refractivity contribution in [2.45, 2.75) is 11.6 Å². The van der Waals surface area contributed by atoms with Crippen LogP contribution in [-0.2, 0) is 15.1 Å². The summed E-state index contributed by atoms with van der Waals surface area (Å²) < 4.78 is 10.6. The van der Waals surface area contributed by atoms with Crippen LogP contribution in [0.2, 0.25) is 10.0 Å². The number of nitrogens with zero attached hydrogens (tertiary/aromatic N) is 2. The van der Waals surface area contributed by atoms with E-state index in [9.17, 15) is 4.79 Å². The SMILES string of the molecule is COC(=O)[C@]1(c2ccc(Cl)cc2)[C@@H](c2ccc(Cl)cc2)N=C(c2ccc(OC)cc2)N1C. The van der Waals surface area contributed by atoms with Gasteiger partial charge in [-0.2, -0.15) is 0 Å². The van der Waals surface area contributed by atoms with Crippen LogP contribution in [0.3, 0.4) is 0 Å². The van der Waals surface area contributed by atoms with Gasteiger partial charge in [-0.05, 0) is 59.7 Å². The van der Waals surface area contributed by atoms with Crippen molar-refractivity contribution in [3.05, 3.63) is 99.5 Å². The molecule has 3 aromatic rings. The van der Waals surface area contributed by atoms with Crippen LogP contribution in [0.25, 0.3) is 0 Å². The van der Waals surface area contributed by atoms with Gasteiger partial charge in [-0.15, -0.1) is 0 Å². The maximum Gasteiger partial charge on any atom is 0.339 e. The fourth-order valence-corrected chi connectivity index (χ4v) is 4.45. The molecule has 5 nitrogen and oxygen atoms in total. The Kier molecular flexibility index (Phi) is 6.13. The summed E-state index contributed by atoms with van der Waals surface area (Å²) in [6.07, 6.45) is 0. The van der Waals surface area contributed by atoms with Gasteiger partial charge in [0.1, 0.15) is 17.6 Å². The summed E-state index contributed by atoms with van der Waals surface area (Å²) in [6.45, 7) is 0. The fourth-order valence-electron chi connectivity index (χ4n) is 4.20. The summed E-state index contributed by atoms with van der Waals surface area (Å²) in [5.41, 5.74) is 1.18. The Hall–Kier alpha value is -3.02. The van der Waals surface area contributed by atoms with Crippen molar-refractivity contribution in [2.24, 2.45) is 4.99 Å². The fraction of sp³-hybridized carbons (Fsp3) is 0.200. The molecule has 4 rings (SSSR count). The number of aliphatic imine (C=N–C) groups is 1. The monoisotopic (exact) mass is 468 g/mol. The number of carbonyl (C=O) groups is 1. The summed E-state index contributed by atoms with van der Waals surface area (Å²) >= 11 is 12.3. The topological polar surface area (TPSA) is 51.1 Å². The molecule has 1 heterocycles. The van der Waals surface area contributed by atoms with E-state index in [-0.39, 0.29) is 0 Å². The summed E-state index contributed by atoms with van der Waals surface area (Å²) in [5.74, 6) is 0.976. The second-order valence-electron chi connectivity index (χ2n) is 7.46. The van der Waals surface area contributed by atoms with Crippen LogP contribution in [0.4, 0.5) is 0 Å². The van der Waals surface area contributed by atoms with E-state index in [0.717, 1.165) is 22.4 Å². The van der Waals surface area contributed by atoms with Crippen LogP contribution < -0.4 is 4.74 Å². The van der Waals surface area contributed by atoms with Crippen molar-refractivity contribution in [2.75, 3.05) is 21.3 Å². The molecule has 3 aromatic carbocycles. The van der Waals surface area contributed by atoms with Crippen molar-refractivity contribution in [1.29, 1.82) is 0 Å². The van der Waals surface area contributed by atoms with Gasteiger partial charge >= 0.3 is 5.97 Å². The van der Waals surface area contributed by atoms with Gasteiger partial charge in [0.2, 0.25) is 0 Å². The van der Waals surface area contributed by atoms with E-state index in [1.54, 1.807) is 31.4 Å². The molecular formula is C25H22Cl2N2O3. The Morgan fingerprint density at radius 1 is 0.906 bits per heavy atom. The average molecular weight is 469 g/mol. The number of amidine groups is 1. The van der Waals surface area contributed by atoms with Crippen LogP contribution in [0, 0.1) is 0 Å². The third-order valence-electron chi connectivity index (χ3n) is 5.81. The minimum Gasteiger partial charge on any atom is -0.497 e. The van der Waals surface area contributed by atoms with Crippen LogP contribution in [0.1, 0.15) is 22.7 Å². The Labute approximate surface area is 197 Å². The number of methoxy groups -OCH3 is 2. The normalized spacial score (nSPS) is 20.1. The highest BCUT2D eigenvalue weighted by Crippen LogP contribution is 2.49. The summed E-state index contributed by atoms with van der Waals surface area (Å²) in [4.78, 5) is 20.5. The molecule has 1 aliphatic rings. The van der Waals surface area contributed by atoms with Gasteiger partial charge in [0.25, 0.3) is 0 Å². The van der Waals surface area contributed by atoms with E-state index in [1.807, 2.05) is 60.5 Å². The molecular weight excluding hydrogens is 447 g/mol. The largest absolute Gasteiger partial charge is 0.497 e. The van der Waals surface area contributed by atoms with Gasteiger partial charge in [-0.3, -0.25) is 4.99 Å². The predicted octanol–water partition coefficient (Wildman–Crippen LogP) is 5.50.